The number of nitrogens with two attached hydrogens (primary N) is 1. The van der Waals surface area contributed by atoms with Gasteiger partial charge in [0, 0.05) is 5.39 Å². The molecule has 0 aliphatic rings. The Hall–Kier alpha value is -2.95. The number of para-hydroxylation sites is 1. The van der Waals surface area contributed by atoms with Crippen LogP contribution in [0.25, 0.3) is 10.9 Å². The molecule has 1 atom stereocenters. The van der Waals surface area contributed by atoms with Gasteiger partial charge in [0.05, 0.1) is 17.1 Å². The molecule has 0 aliphatic heterocycles. The Labute approximate surface area is 140 Å². The molecule has 3 aromatic rings. The van der Waals surface area contributed by atoms with Crippen LogP contribution in [0.3, 0.4) is 0 Å². The fourth-order valence-corrected chi connectivity index (χ4v) is 2.86. The van der Waals surface area contributed by atoms with E-state index in [-0.39, 0.29) is 6.04 Å². The third-order valence-corrected chi connectivity index (χ3v) is 4.02. The van der Waals surface area contributed by atoms with Crippen LogP contribution in [0.15, 0.2) is 54.9 Å². The summed E-state index contributed by atoms with van der Waals surface area (Å²) in [4.78, 5) is 20.2. The number of nitrogens with one attached hydrogen (secondary N) is 1. The highest BCUT2D eigenvalue weighted by Crippen LogP contribution is 2.28. The van der Waals surface area contributed by atoms with Crippen LogP contribution in [0.2, 0.25) is 0 Å². The van der Waals surface area contributed by atoms with Gasteiger partial charge in [-0.25, -0.2) is 9.97 Å². The summed E-state index contributed by atoms with van der Waals surface area (Å²) >= 11 is 0. The lowest BCUT2D eigenvalue weighted by molar-refractivity contribution is 0.100. The maximum Gasteiger partial charge on any atom is 0.250 e. The van der Waals surface area contributed by atoms with Crippen molar-refractivity contribution in [3.8, 4) is 0 Å². The van der Waals surface area contributed by atoms with Crippen molar-refractivity contribution >= 4 is 22.6 Å². The summed E-state index contributed by atoms with van der Waals surface area (Å²) in [6.45, 7) is 2.15. The monoisotopic (exact) mass is 320 g/mol. The van der Waals surface area contributed by atoms with Gasteiger partial charge in [0.15, 0.2) is 0 Å². The van der Waals surface area contributed by atoms with Gasteiger partial charge in [-0.2, -0.15) is 0 Å². The second kappa shape index (κ2) is 7.08. The molecule has 0 saturated heterocycles. The van der Waals surface area contributed by atoms with E-state index in [4.69, 9.17) is 5.73 Å². The van der Waals surface area contributed by atoms with Crippen molar-refractivity contribution in [3.05, 3.63) is 66.0 Å². The quantitative estimate of drug-likeness (QED) is 0.726. The second-order valence-corrected chi connectivity index (χ2v) is 5.68. The highest BCUT2D eigenvalue weighted by atomic mass is 16.1. The molecule has 122 valence electrons. The van der Waals surface area contributed by atoms with Crippen LogP contribution in [-0.2, 0) is 0 Å². The normalized spacial score (nSPS) is 12.0. The van der Waals surface area contributed by atoms with Gasteiger partial charge in [-0.15, -0.1) is 0 Å². The van der Waals surface area contributed by atoms with E-state index in [2.05, 4.69) is 34.3 Å². The molecule has 5 heteroatoms. The van der Waals surface area contributed by atoms with Crippen molar-refractivity contribution in [3.63, 3.8) is 0 Å². The lowest BCUT2D eigenvalue weighted by atomic mass is 10.0. The molecule has 2 aromatic carbocycles. The van der Waals surface area contributed by atoms with Gasteiger partial charge in [0.1, 0.15) is 12.1 Å². The maximum atomic E-state index is 11.6. The van der Waals surface area contributed by atoms with Crippen molar-refractivity contribution in [1.29, 1.82) is 0 Å². The zero-order valence-corrected chi connectivity index (χ0v) is 13.6. The minimum absolute atomic E-state index is 0.145. The summed E-state index contributed by atoms with van der Waals surface area (Å²) in [7, 11) is 0. The van der Waals surface area contributed by atoms with Crippen molar-refractivity contribution in [2.24, 2.45) is 5.73 Å². The zero-order chi connectivity index (χ0) is 16.9. The number of primary amides is 1. The molecule has 0 aliphatic carbocycles. The smallest absolute Gasteiger partial charge is 0.250 e. The summed E-state index contributed by atoms with van der Waals surface area (Å²) in [5.74, 6) is 0.226. The summed E-state index contributed by atoms with van der Waals surface area (Å²) in [5.41, 5.74) is 7.64. The van der Waals surface area contributed by atoms with Crippen molar-refractivity contribution in [1.82, 2.24) is 9.97 Å². The van der Waals surface area contributed by atoms with Crippen LogP contribution in [0.4, 0.5) is 5.82 Å². The van der Waals surface area contributed by atoms with Crippen molar-refractivity contribution < 1.29 is 4.79 Å². The highest BCUT2D eigenvalue weighted by molar-refractivity contribution is 6.06. The first-order valence-corrected chi connectivity index (χ1v) is 8.05. The van der Waals surface area contributed by atoms with Gasteiger partial charge < -0.3 is 11.1 Å². The van der Waals surface area contributed by atoms with E-state index in [0.29, 0.717) is 16.9 Å². The Morgan fingerprint density at radius 3 is 2.62 bits per heavy atom. The standard InChI is InChI=1S/C19H20N4O/c1-2-7-16(13-8-4-3-5-9-13)23-19-15-11-6-10-14(18(20)24)17(15)21-12-22-19/h3-6,8-12,16H,2,7H2,1H3,(H2,20,24)(H,21,22,23)/t16-/m0/s1. The Balaban J connectivity index is 2.02. The summed E-state index contributed by atoms with van der Waals surface area (Å²) in [5, 5.41) is 4.30. The summed E-state index contributed by atoms with van der Waals surface area (Å²) in [6.07, 6.45) is 3.48. The predicted octanol–water partition coefficient (Wildman–Crippen LogP) is 3.68. The van der Waals surface area contributed by atoms with Gasteiger partial charge in [0.2, 0.25) is 0 Å². The molecule has 0 radical (unpaired) electrons. The lowest BCUT2D eigenvalue weighted by Gasteiger charge is -2.20. The lowest BCUT2D eigenvalue weighted by Crippen LogP contribution is -2.14. The first kappa shape index (κ1) is 15.9. The molecule has 0 saturated carbocycles. The minimum atomic E-state index is -0.488. The number of carbonyl (C=O) groups excluding carboxylic acids is 1. The molecule has 0 unspecified atom stereocenters. The van der Waals surface area contributed by atoms with Crippen LogP contribution in [0.5, 0.6) is 0 Å². The van der Waals surface area contributed by atoms with Crippen LogP contribution < -0.4 is 11.1 Å². The molecule has 24 heavy (non-hydrogen) atoms. The van der Waals surface area contributed by atoms with E-state index < -0.39 is 5.91 Å². The van der Waals surface area contributed by atoms with E-state index in [1.54, 1.807) is 12.1 Å². The third-order valence-electron chi connectivity index (χ3n) is 4.02. The molecule has 1 aromatic heterocycles. The van der Waals surface area contributed by atoms with Crippen LogP contribution in [-0.4, -0.2) is 15.9 Å². The molecule has 1 heterocycles. The van der Waals surface area contributed by atoms with Gasteiger partial charge in [-0.1, -0.05) is 49.7 Å². The highest BCUT2D eigenvalue weighted by Gasteiger charge is 2.15. The second-order valence-electron chi connectivity index (χ2n) is 5.68. The molecule has 3 rings (SSSR count). The number of fused-ring (bicyclic) bond motifs is 1. The van der Waals surface area contributed by atoms with E-state index in [1.807, 2.05) is 24.3 Å². The summed E-state index contributed by atoms with van der Waals surface area (Å²) in [6, 6.07) is 15.8. The van der Waals surface area contributed by atoms with E-state index in [1.165, 1.54) is 11.9 Å². The summed E-state index contributed by atoms with van der Waals surface area (Å²) < 4.78 is 0. The van der Waals surface area contributed by atoms with Crippen LogP contribution in [0.1, 0.15) is 41.7 Å². The maximum absolute atomic E-state index is 11.6. The topological polar surface area (TPSA) is 80.9 Å². The predicted molar refractivity (Wildman–Crippen MR) is 95.8 cm³/mol. The number of hydrogen-bond donors (Lipinski definition) is 2. The number of nitrogens with zero attached hydrogens (tertiary/aromatic N) is 2. The number of carbonyl (C=O) groups is 1. The number of benzene rings is 2. The van der Waals surface area contributed by atoms with E-state index in [9.17, 15) is 4.79 Å². The first-order valence-electron chi connectivity index (χ1n) is 8.05. The van der Waals surface area contributed by atoms with Gasteiger partial charge in [-0.3, -0.25) is 4.79 Å². The average molecular weight is 320 g/mol. The van der Waals surface area contributed by atoms with E-state index >= 15 is 0 Å². The van der Waals surface area contributed by atoms with Crippen LogP contribution in [0, 0.1) is 0 Å². The van der Waals surface area contributed by atoms with Gasteiger partial charge in [0.25, 0.3) is 5.91 Å². The molecular formula is C19H20N4O. The molecule has 0 spiro atoms. The van der Waals surface area contributed by atoms with Gasteiger partial charge >= 0.3 is 0 Å². The zero-order valence-electron chi connectivity index (χ0n) is 13.6. The fourth-order valence-electron chi connectivity index (χ4n) is 2.86. The number of anilines is 1. The Kier molecular flexibility index (Phi) is 4.70. The number of rotatable bonds is 6. The van der Waals surface area contributed by atoms with Crippen molar-refractivity contribution in [2.45, 2.75) is 25.8 Å². The number of aromatic nitrogens is 2. The Bertz CT molecular complexity index is 848. The SMILES string of the molecule is CCC[C@H](Nc1ncnc2c(C(N)=O)cccc12)c1ccccc1. The minimum Gasteiger partial charge on any atom is -0.366 e. The molecule has 5 nitrogen and oxygen atoms in total. The average Bonchev–Trinajstić information content (AvgIpc) is 2.61. The van der Waals surface area contributed by atoms with Crippen molar-refractivity contribution in [2.75, 3.05) is 5.32 Å². The number of hydrogen-bond acceptors (Lipinski definition) is 4. The Morgan fingerprint density at radius 1 is 1.12 bits per heavy atom. The molecule has 0 bridgehead atoms. The largest absolute Gasteiger partial charge is 0.366 e. The molecule has 3 N–H and O–H groups in total. The molecule has 0 fully saturated rings. The first-order chi connectivity index (χ1) is 11.7. The van der Waals surface area contributed by atoms with Crippen LogP contribution >= 0.6 is 0 Å². The van der Waals surface area contributed by atoms with Gasteiger partial charge in [-0.05, 0) is 24.1 Å². The number of amides is 1. The fraction of sp³-hybridized carbons (Fsp3) is 0.211. The third kappa shape index (κ3) is 3.20. The molecule has 1 amide bonds. The molecular weight excluding hydrogens is 300 g/mol. The Morgan fingerprint density at radius 2 is 1.92 bits per heavy atom. The van der Waals surface area contributed by atoms with E-state index in [0.717, 1.165) is 18.2 Å².